The Balaban J connectivity index is 0.00000176. The molecule has 1 aliphatic heterocycles. The third kappa shape index (κ3) is 3.65. The number of hydrogen-bond acceptors (Lipinski definition) is 5. The Morgan fingerprint density at radius 1 is 1.41 bits per heavy atom. The largest absolute Gasteiger partial charge is 0.444 e. The number of nitrogens with one attached hydrogen (secondary N) is 1. The maximum Gasteiger partial charge on any atom is 0.240 e. The van der Waals surface area contributed by atoms with E-state index in [9.17, 15) is 10.0 Å². The fourth-order valence-corrected chi connectivity index (χ4v) is 2.47. The highest BCUT2D eigenvalue weighted by Crippen LogP contribution is 2.19. The van der Waals surface area contributed by atoms with Crippen molar-refractivity contribution in [1.29, 1.82) is 0 Å². The van der Waals surface area contributed by atoms with E-state index < -0.39 is 6.04 Å². The lowest BCUT2D eigenvalue weighted by Crippen LogP contribution is -2.41. The summed E-state index contributed by atoms with van der Waals surface area (Å²) >= 11 is 0. The van der Waals surface area contributed by atoms with Gasteiger partial charge in [0, 0.05) is 18.7 Å². The van der Waals surface area contributed by atoms with E-state index >= 15 is 0 Å². The molecule has 0 bridgehead atoms. The maximum atomic E-state index is 11.9. The number of hydrogen-bond donors (Lipinski definition) is 2. The molecule has 3 rings (SSSR count). The number of benzene rings is 1. The molecule has 22 heavy (non-hydrogen) atoms. The Kier molecular flexibility index (Phi) is 5.54. The van der Waals surface area contributed by atoms with Gasteiger partial charge in [0.2, 0.25) is 5.91 Å². The first-order chi connectivity index (χ1) is 10.2. The fraction of sp³-hybridized carbons (Fsp3) is 0.333. The molecule has 118 valence electrons. The van der Waals surface area contributed by atoms with Gasteiger partial charge in [-0.05, 0) is 18.4 Å². The number of aromatic nitrogens is 1. The summed E-state index contributed by atoms with van der Waals surface area (Å²) in [5.74, 6) is 0.585. The van der Waals surface area contributed by atoms with Crippen LogP contribution in [0.5, 0.6) is 0 Å². The number of hydroxylamine groups is 2. The summed E-state index contributed by atoms with van der Waals surface area (Å²) in [6.07, 6.45) is 4.60. The average molecular weight is 324 g/mol. The van der Waals surface area contributed by atoms with Gasteiger partial charge >= 0.3 is 0 Å². The molecule has 0 spiro atoms. The molecular formula is C15H18ClN3O3. The highest BCUT2D eigenvalue weighted by Gasteiger charge is 2.29. The van der Waals surface area contributed by atoms with Crippen LogP contribution in [0.1, 0.15) is 18.4 Å². The second kappa shape index (κ2) is 7.40. The molecule has 1 fully saturated rings. The van der Waals surface area contributed by atoms with Crippen molar-refractivity contribution in [1.82, 2.24) is 15.4 Å². The van der Waals surface area contributed by atoms with Crippen molar-refractivity contribution < 1.29 is 14.4 Å². The molecule has 1 atom stereocenters. The molecular weight excluding hydrogens is 306 g/mol. The van der Waals surface area contributed by atoms with Crippen LogP contribution in [-0.2, 0) is 11.3 Å². The van der Waals surface area contributed by atoms with Crippen LogP contribution in [0.25, 0.3) is 11.3 Å². The zero-order valence-corrected chi connectivity index (χ0v) is 12.8. The monoisotopic (exact) mass is 323 g/mol. The number of carbonyl (C=O) groups is 1. The van der Waals surface area contributed by atoms with Crippen LogP contribution in [0.4, 0.5) is 0 Å². The van der Waals surface area contributed by atoms with E-state index in [1.807, 2.05) is 24.3 Å². The van der Waals surface area contributed by atoms with E-state index in [-0.39, 0.29) is 18.3 Å². The molecule has 2 N–H and O–H groups in total. The van der Waals surface area contributed by atoms with Crippen molar-refractivity contribution in [2.75, 3.05) is 6.54 Å². The van der Waals surface area contributed by atoms with Gasteiger partial charge in [-0.25, -0.2) is 4.98 Å². The van der Waals surface area contributed by atoms with Crippen molar-refractivity contribution in [3.63, 3.8) is 0 Å². The SMILES string of the molecule is Cl.O=C(NCc1ccc(-c2cnco2)cc1)C1CCCN1O. The highest BCUT2D eigenvalue weighted by atomic mass is 35.5. The molecule has 0 aliphatic carbocycles. The van der Waals surface area contributed by atoms with Gasteiger partial charge in [0.1, 0.15) is 6.04 Å². The van der Waals surface area contributed by atoms with Crippen LogP contribution in [0.3, 0.4) is 0 Å². The standard InChI is InChI=1S/C15H17N3O3.ClH/c19-15(13-2-1-7-18(13)20)17-8-11-3-5-12(6-4-11)14-9-16-10-21-14;/h3-6,9-10,13,20H,1-2,7-8H2,(H,17,19);1H. The summed E-state index contributed by atoms with van der Waals surface area (Å²) in [6, 6.07) is 7.30. The number of oxazole rings is 1. The Hall–Kier alpha value is -1.89. The van der Waals surface area contributed by atoms with E-state index in [2.05, 4.69) is 10.3 Å². The van der Waals surface area contributed by atoms with Crippen molar-refractivity contribution in [3.05, 3.63) is 42.4 Å². The molecule has 2 aromatic rings. The van der Waals surface area contributed by atoms with Gasteiger partial charge in [-0.1, -0.05) is 24.3 Å². The van der Waals surface area contributed by atoms with Crippen LogP contribution in [-0.4, -0.2) is 33.7 Å². The topological polar surface area (TPSA) is 78.6 Å². The van der Waals surface area contributed by atoms with Crippen LogP contribution in [0.2, 0.25) is 0 Å². The molecule has 1 amide bonds. The minimum absolute atomic E-state index is 0. The van der Waals surface area contributed by atoms with E-state index in [0.717, 1.165) is 22.6 Å². The molecule has 1 aromatic heterocycles. The van der Waals surface area contributed by atoms with Crippen molar-refractivity contribution in [2.45, 2.75) is 25.4 Å². The summed E-state index contributed by atoms with van der Waals surface area (Å²) < 4.78 is 5.22. The predicted molar refractivity (Wildman–Crippen MR) is 82.5 cm³/mol. The van der Waals surface area contributed by atoms with Gasteiger partial charge in [-0.2, -0.15) is 5.06 Å². The van der Waals surface area contributed by atoms with E-state index in [0.29, 0.717) is 25.3 Å². The molecule has 0 radical (unpaired) electrons. The first-order valence-electron chi connectivity index (χ1n) is 6.95. The Labute approximate surface area is 134 Å². The number of amides is 1. The van der Waals surface area contributed by atoms with Gasteiger partial charge in [-0.15, -0.1) is 12.4 Å². The zero-order valence-electron chi connectivity index (χ0n) is 11.9. The summed E-state index contributed by atoms with van der Waals surface area (Å²) in [5, 5.41) is 13.5. The maximum absolute atomic E-state index is 11.9. The van der Waals surface area contributed by atoms with Gasteiger partial charge in [0.15, 0.2) is 12.2 Å². The van der Waals surface area contributed by atoms with Crippen molar-refractivity contribution in [3.8, 4) is 11.3 Å². The second-order valence-electron chi connectivity index (χ2n) is 5.10. The third-order valence-corrected chi connectivity index (χ3v) is 3.66. The normalized spacial score (nSPS) is 18.0. The Morgan fingerprint density at radius 2 is 2.18 bits per heavy atom. The van der Waals surface area contributed by atoms with E-state index in [1.54, 1.807) is 6.20 Å². The zero-order chi connectivity index (χ0) is 14.7. The summed E-state index contributed by atoms with van der Waals surface area (Å²) in [5.41, 5.74) is 1.94. The summed E-state index contributed by atoms with van der Waals surface area (Å²) in [6.45, 7) is 1.00. The number of rotatable bonds is 4. The molecule has 1 unspecified atom stereocenters. The minimum atomic E-state index is -0.418. The average Bonchev–Trinajstić information content (AvgIpc) is 3.16. The quantitative estimate of drug-likeness (QED) is 0.902. The van der Waals surface area contributed by atoms with Crippen LogP contribution < -0.4 is 5.32 Å². The smallest absolute Gasteiger partial charge is 0.240 e. The number of carbonyl (C=O) groups excluding carboxylic acids is 1. The molecule has 1 aliphatic rings. The van der Waals surface area contributed by atoms with Crippen LogP contribution >= 0.6 is 12.4 Å². The lowest BCUT2D eigenvalue weighted by Gasteiger charge is -2.16. The van der Waals surface area contributed by atoms with Crippen molar-refractivity contribution in [2.24, 2.45) is 0 Å². The lowest BCUT2D eigenvalue weighted by molar-refractivity contribution is -0.145. The number of nitrogens with zero attached hydrogens (tertiary/aromatic N) is 2. The lowest BCUT2D eigenvalue weighted by atomic mass is 10.1. The summed E-state index contributed by atoms with van der Waals surface area (Å²) in [4.78, 5) is 15.8. The van der Waals surface area contributed by atoms with E-state index in [4.69, 9.17) is 4.42 Å². The molecule has 6 nitrogen and oxygen atoms in total. The van der Waals surface area contributed by atoms with Crippen LogP contribution in [0, 0.1) is 0 Å². The van der Waals surface area contributed by atoms with Gasteiger partial charge in [-0.3, -0.25) is 4.79 Å². The molecule has 7 heteroatoms. The van der Waals surface area contributed by atoms with Gasteiger partial charge in [0.25, 0.3) is 0 Å². The summed E-state index contributed by atoms with van der Waals surface area (Å²) in [7, 11) is 0. The van der Waals surface area contributed by atoms with Crippen molar-refractivity contribution >= 4 is 18.3 Å². The number of halogens is 1. The highest BCUT2D eigenvalue weighted by molar-refractivity contribution is 5.85. The molecule has 2 heterocycles. The van der Waals surface area contributed by atoms with Gasteiger partial charge in [0.05, 0.1) is 6.20 Å². The second-order valence-corrected chi connectivity index (χ2v) is 5.10. The molecule has 1 aromatic carbocycles. The Morgan fingerprint density at radius 3 is 2.77 bits per heavy atom. The first kappa shape index (κ1) is 16.5. The Bertz CT molecular complexity index is 601. The minimum Gasteiger partial charge on any atom is -0.444 e. The fourth-order valence-electron chi connectivity index (χ4n) is 2.47. The molecule has 1 saturated heterocycles. The van der Waals surface area contributed by atoms with E-state index in [1.165, 1.54) is 6.39 Å². The predicted octanol–water partition coefficient (Wildman–Crippen LogP) is 2.23. The van der Waals surface area contributed by atoms with Gasteiger partial charge < -0.3 is 14.9 Å². The third-order valence-electron chi connectivity index (χ3n) is 3.66. The molecule has 0 saturated carbocycles. The van der Waals surface area contributed by atoms with Crippen LogP contribution in [0.15, 0.2) is 41.3 Å². The first-order valence-corrected chi connectivity index (χ1v) is 6.95.